The first-order chi connectivity index (χ1) is 7.03. The Bertz CT molecular complexity index is 400. The number of hydrogen-bond donors (Lipinski definition) is 2. The fourth-order valence-corrected chi connectivity index (χ4v) is 1.85. The van der Waals surface area contributed by atoms with Crippen molar-refractivity contribution < 1.29 is 12.9 Å². The molecular formula is C7H14N4O3S. The SMILES string of the molecule is CNCCS(=O)(=O)NCc1nc(C)no1. The molecule has 0 saturated heterocycles. The van der Waals surface area contributed by atoms with Crippen LogP contribution in [-0.2, 0) is 16.6 Å². The van der Waals surface area contributed by atoms with E-state index in [4.69, 9.17) is 4.52 Å². The van der Waals surface area contributed by atoms with Crippen LogP contribution < -0.4 is 10.0 Å². The predicted molar refractivity (Wildman–Crippen MR) is 53.6 cm³/mol. The second kappa shape index (κ2) is 5.19. The molecule has 1 aromatic heterocycles. The van der Waals surface area contributed by atoms with E-state index in [2.05, 4.69) is 20.2 Å². The highest BCUT2D eigenvalue weighted by Gasteiger charge is 2.11. The third-order valence-electron chi connectivity index (χ3n) is 1.63. The first-order valence-electron chi connectivity index (χ1n) is 4.44. The zero-order valence-electron chi connectivity index (χ0n) is 8.65. The van der Waals surface area contributed by atoms with Crippen molar-refractivity contribution in [3.05, 3.63) is 11.7 Å². The van der Waals surface area contributed by atoms with Crippen LogP contribution in [0.5, 0.6) is 0 Å². The summed E-state index contributed by atoms with van der Waals surface area (Å²) >= 11 is 0. The van der Waals surface area contributed by atoms with Crippen molar-refractivity contribution in [3.63, 3.8) is 0 Å². The van der Waals surface area contributed by atoms with Crippen molar-refractivity contribution in [2.24, 2.45) is 0 Å². The smallest absolute Gasteiger partial charge is 0.241 e. The Kier molecular flexibility index (Phi) is 4.18. The summed E-state index contributed by atoms with van der Waals surface area (Å²) in [7, 11) is -1.58. The summed E-state index contributed by atoms with van der Waals surface area (Å²) in [6, 6.07) is 0. The zero-order valence-corrected chi connectivity index (χ0v) is 9.47. The fraction of sp³-hybridized carbons (Fsp3) is 0.714. The van der Waals surface area contributed by atoms with Crippen LogP contribution in [0.3, 0.4) is 0 Å². The lowest BCUT2D eigenvalue weighted by molar-refractivity contribution is 0.372. The van der Waals surface area contributed by atoms with Gasteiger partial charge in [0, 0.05) is 6.54 Å². The van der Waals surface area contributed by atoms with Crippen molar-refractivity contribution in [3.8, 4) is 0 Å². The molecule has 1 rings (SSSR count). The Balaban J connectivity index is 2.42. The molecule has 2 N–H and O–H groups in total. The topological polar surface area (TPSA) is 97.1 Å². The van der Waals surface area contributed by atoms with Crippen molar-refractivity contribution in [1.29, 1.82) is 0 Å². The third-order valence-corrected chi connectivity index (χ3v) is 2.96. The highest BCUT2D eigenvalue weighted by Crippen LogP contribution is 1.96. The van der Waals surface area contributed by atoms with Crippen LogP contribution in [0, 0.1) is 6.92 Å². The first kappa shape index (κ1) is 12.1. The van der Waals surface area contributed by atoms with Crippen molar-refractivity contribution in [2.75, 3.05) is 19.3 Å². The molecule has 0 unspecified atom stereocenters. The lowest BCUT2D eigenvalue weighted by Gasteiger charge is -2.03. The normalized spacial score (nSPS) is 11.9. The van der Waals surface area contributed by atoms with Gasteiger partial charge in [0.2, 0.25) is 15.9 Å². The quantitative estimate of drug-likeness (QED) is 0.656. The van der Waals surface area contributed by atoms with E-state index in [1.54, 1.807) is 14.0 Å². The monoisotopic (exact) mass is 234 g/mol. The zero-order chi connectivity index (χ0) is 11.3. The first-order valence-corrected chi connectivity index (χ1v) is 6.10. The molecule has 0 aliphatic carbocycles. The van der Waals surface area contributed by atoms with Gasteiger partial charge < -0.3 is 9.84 Å². The number of aryl methyl sites for hydroxylation is 1. The maximum absolute atomic E-state index is 11.3. The van der Waals surface area contributed by atoms with E-state index in [9.17, 15) is 8.42 Å². The number of hydrogen-bond acceptors (Lipinski definition) is 6. The second-order valence-corrected chi connectivity index (χ2v) is 4.91. The molecule has 0 aliphatic heterocycles. The van der Waals surface area contributed by atoms with Gasteiger partial charge in [0.15, 0.2) is 5.82 Å². The summed E-state index contributed by atoms with van der Waals surface area (Å²) in [5, 5.41) is 6.30. The van der Waals surface area contributed by atoms with E-state index < -0.39 is 10.0 Å². The van der Waals surface area contributed by atoms with Gasteiger partial charge in [0.25, 0.3) is 0 Å². The van der Waals surface area contributed by atoms with Gasteiger partial charge >= 0.3 is 0 Å². The molecule has 7 nitrogen and oxygen atoms in total. The molecule has 0 spiro atoms. The average molecular weight is 234 g/mol. The highest BCUT2D eigenvalue weighted by molar-refractivity contribution is 7.89. The van der Waals surface area contributed by atoms with Gasteiger partial charge in [-0.25, -0.2) is 13.1 Å². The maximum atomic E-state index is 11.3. The van der Waals surface area contributed by atoms with Crippen LogP contribution in [0.4, 0.5) is 0 Å². The number of nitrogens with zero attached hydrogens (tertiary/aromatic N) is 2. The van der Waals surface area contributed by atoms with Crippen LogP contribution in [-0.4, -0.2) is 37.9 Å². The molecule has 86 valence electrons. The minimum atomic E-state index is -3.27. The van der Waals surface area contributed by atoms with Gasteiger partial charge in [0.1, 0.15) is 0 Å². The molecule has 0 aliphatic rings. The van der Waals surface area contributed by atoms with Gasteiger partial charge in [-0.2, -0.15) is 4.98 Å². The van der Waals surface area contributed by atoms with E-state index in [-0.39, 0.29) is 18.2 Å². The molecule has 15 heavy (non-hydrogen) atoms. The Morgan fingerprint density at radius 1 is 1.47 bits per heavy atom. The third kappa shape index (κ3) is 4.36. The van der Waals surface area contributed by atoms with E-state index in [0.29, 0.717) is 12.4 Å². The van der Waals surface area contributed by atoms with E-state index in [1.807, 2.05) is 0 Å². The Labute approximate surface area is 88.3 Å². The standard InChI is InChI=1S/C7H14N4O3S/c1-6-10-7(14-11-6)5-9-15(12,13)4-3-8-2/h8-9H,3-5H2,1-2H3. The molecule has 1 heterocycles. The van der Waals surface area contributed by atoms with Gasteiger partial charge in [0.05, 0.1) is 12.3 Å². The van der Waals surface area contributed by atoms with Gasteiger partial charge in [-0.3, -0.25) is 0 Å². The van der Waals surface area contributed by atoms with Gasteiger partial charge in [-0.1, -0.05) is 5.16 Å². The van der Waals surface area contributed by atoms with Gasteiger partial charge in [-0.15, -0.1) is 0 Å². The summed E-state index contributed by atoms with van der Waals surface area (Å²) in [5.41, 5.74) is 0. The van der Waals surface area contributed by atoms with E-state index in [0.717, 1.165) is 0 Å². The molecule has 0 atom stereocenters. The van der Waals surface area contributed by atoms with Crippen LogP contribution >= 0.6 is 0 Å². The molecule has 8 heteroatoms. The van der Waals surface area contributed by atoms with E-state index in [1.165, 1.54) is 0 Å². The Morgan fingerprint density at radius 3 is 2.73 bits per heavy atom. The summed E-state index contributed by atoms with van der Waals surface area (Å²) < 4.78 is 29.8. The summed E-state index contributed by atoms with van der Waals surface area (Å²) in [6.45, 7) is 2.10. The summed E-state index contributed by atoms with van der Waals surface area (Å²) in [5.74, 6) is 0.774. The second-order valence-electron chi connectivity index (χ2n) is 2.98. The highest BCUT2D eigenvalue weighted by atomic mass is 32.2. The van der Waals surface area contributed by atoms with Crippen LogP contribution in [0.15, 0.2) is 4.52 Å². The molecule has 0 fully saturated rings. The minimum absolute atomic E-state index is 0.0244. The fourth-order valence-electron chi connectivity index (χ4n) is 0.892. The van der Waals surface area contributed by atoms with Crippen molar-refractivity contribution >= 4 is 10.0 Å². The number of aromatic nitrogens is 2. The Morgan fingerprint density at radius 2 is 2.20 bits per heavy atom. The molecule has 0 aromatic carbocycles. The number of nitrogens with one attached hydrogen (secondary N) is 2. The number of sulfonamides is 1. The lowest BCUT2D eigenvalue weighted by atomic mass is 10.6. The molecule has 0 amide bonds. The molecule has 0 saturated carbocycles. The molecule has 0 bridgehead atoms. The van der Waals surface area contributed by atoms with Crippen LogP contribution in [0.25, 0.3) is 0 Å². The predicted octanol–water partition coefficient (Wildman–Crippen LogP) is -0.983. The average Bonchev–Trinajstić information content (AvgIpc) is 2.59. The Hall–Kier alpha value is -0.990. The van der Waals surface area contributed by atoms with Crippen molar-refractivity contribution in [2.45, 2.75) is 13.5 Å². The van der Waals surface area contributed by atoms with Crippen LogP contribution in [0.2, 0.25) is 0 Å². The van der Waals surface area contributed by atoms with E-state index >= 15 is 0 Å². The van der Waals surface area contributed by atoms with Crippen molar-refractivity contribution in [1.82, 2.24) is 20.2 Å². The summed E-state index contributed by atoms with van der Waals surface area (Å²) in [6.07, 6.45) is 0. The summed E-state index contributed by atoms with van der Waals surface area (Å²) in [4.78, 5) is 3.87. The number of rotatable bonds is 6. The molecule has 1 aromatic rings. The van der Waals surface area contributed by atoms with Gasteiger partial charge in [-0.05, 0) is 14.0 Å². The molecule has 0 radical (unpaired) electrons. The minimum Gasteiger partial charge on any atom is -0.338 e. The lowest BCUT2D eigenvalue weighted by Crippen LogP contribution is -2.30. The largest absolute Gasteiger partial charge is 0.338 e. The van der Waals surface area contributed by atoms with Crippen LogP contribution in [0.1, 0.15) is 11.7 Å². The molecular weight excluding hydrogens is 220 g/mol. The maximum Gasteiger partial charge on any atom is 0.241 e.